The molecule has 0 bridgehead atoms. The Kier molecular flexibility index (Phi) is 3.84. The maximum Gasteiger partial charge on any atom is 0.127 e. The van der Waals surface area contributed by atoms with Crippen molar-refractivity contribution in [3.05, 3.63) is 46.0 Å². The van der Waals surface area contributed by atoms with E-state index in [9.17, 15) is 0 Å². The Bertz CT molecular complexity index is 491. The predicted molar refractivity (Wildman–Crippen MR) is 71.4 cm³/mol. The maximum absolute atomic E-state index is 5.13. The molecule has 0 radical (unpaired) electrons. The molecule has 2 rings (SSSR count). The third kappa shape index (κ3) is 3.09. The second-order valence-corrected chi connectivity index (χ2v) is 4.69. The number of hydrogen-bond donors (Lipinski definition) is 1. The van der Waals surface area contributed by atoms with Crippen LogP contribution in [0, 0.1) is 6.92 Å². The van der Waals surface area contributed by atoms with Gasteiger partial charge < -0.3 is 9.72 Å². The number of imidazole rings is 1. The van der Waals surface area contributed by atoms with Crippen LogP contribution in [0.3, 0.4) is 0 Å². The number of rotatable bonds is 4. The molecule has 1 N–H and O–H groups in total. The first-order valence-corrected chi connectivity index (χ1v) is 6.32. The first-order valence-electron chi connectivity index (χ1n) is 5.53. The van der Waals surface area contributed by atoms with Crippen LogP contribution in [0.5, 0.6) is 5.75 Å². The highest BCUT2D eigenvalue weighted by Crippen LogP contribution is 2.17. The lowest BCUT2D eigenvalue weighted by Crippen LogP contribution is -1.93. The molecule has 1 aromatic carbocycles. The lowest BCUT2D eigenvalue weighted by Gasteiger charge is -2.03. The second-order valence-electron chi connectivity index (χ2n) is 3.94. The number of halogens is 1. The number of hydrogen-bond acceptors (Lipinski definition) is 2. The van der Waals surface area contributed by atoms with Gasteiger partial charge in [-0.2, -0.15) is 0 Å². The fourth-order valence-corrected chi connectivity index (χ4v) is 2.30. The minimum Gasteiger partial charge on any atom is -0.497 e. The third-order valence-electron chi connectivity index (χ3n) is 2.67. The molecule has 1 heterocycles. The van der Waals surface area contributed by atoms with Crippen LogP contribution in [0.4, 0.5) is 0 Å². The van der Waals surface area contributed by atoms with Gasteiger partial charge in [-0.15, -0.1) is 0 Å². The first-order chi connectivity index (χ1) is 8.19. The summed E-state index contributed by atoms with van der Waals surface area (Å²) in [6.45, 7) is 1.96. The van der Waals surface area contributed by atoms with Gasteiger partial charge in [-0.05, 0) is 53.4 Å². The van der Waals surface area contributed by atoms with E-state index in [4.69, 9.17) is 4.74 Å². The van der Waals surface area contributed by atoms with Crippen molar-refractivity contribution in [2.45, 2.75) is 19.8 Å². The van der Waals surface area contributed by atoms with E-state index in [1.807, 2.05) is 19.1 Å². The molecular formula is C13H15BrN2O. The number of H-pyrrole nitrogens is 1. The zero-order chi connectivity index (χ0) is 12.3. The van der Waals surface area contributed by atoms with E-state index in [0.717, 1.165) is 34.7 Å². The molecule has 90 valence electrons. The summed E-state index contributed by atoms with van der Waals surface area (Å²) in [4.78, 5) is 7.55. The van der Waals surface area contributed by atoms with Crippen molar-refractivity contribution in [1.82, 2.24) is 9.97 Å². The van der Waals surface area contributed by atoms with Crippen LogP contribution in [-0.2, 0) is 12.8 Å². The smallest absolute Gasteiger partial charge is 0.127 e. The summed E-state index contributed by atoms with van der Waals surface area (Å²) >= 11 is 3.45. The second kappa shape index (κ2) is 5.36. The molecule has 0 aliphatic rings. The fraction of sp³-hybridized carbons (Fsp3) is 0.308. The number of benzene rings is 1. The van der Waals surface area contributed by atoms with Crippen molar-refractivity contribution in [1.29, 1.82) is 0 Å². The highest BCUT2D eigenvalue weighted by Gasteiger charge is 2.05. The van der Waals surface area contributed by atoms with E-state index >= 15 is 0 Å². The minimum absolute atomic E-state index is 0.896. The molecule has 17 heavy (non-hydrogen) atoms. The van der Waals surface area contributed by atoms with Crippen LogP contribution in [-0.4, -0.2) is 17.1 Å². The van der Waals surface area contributed by atoms with E-state index in [0.29, 0.717) is 0 Å². The number of nitrogens with zero attached hydrogens (tertiary/aromatic N) is 1. The standard InChI is InChI=1S/C13H15BrN2O/c1-9-15-12(13(14)16-9)8-5-10-3-6-11(17-2)7-4-10/h3-4,6-7H,5,8H2,1-2H3,(H,15,16). The Labute approximate surface area is 109 Å². The summed E-state index contributed by atoms with van der Waals surface area (Å²) in [7, 11) is 1.68. The van der Waals surface area contributed by atoms with Gasteiger partial charge in [0.15, 0.2) is 0 Å². The van der Waals surface area contributed by atoms with Crippen LogP contribution in [0.25, 0.3) is 0 Å². The van der Waals surface area contributed by atoms with Crippen molar-refractivity contribution >= 4 is 15.9 Å². The Morgan fingerprint density at radius 2 is 1.94 bits per heavy atom. The highest BCUT2D eigenvalue weighted by molar-refractivity contribution is 9.10. The van der Waals surface area contributed by atoms with E-state index in [1.165, 1.54) is 5.56 Å². The van der Waals surface area contributed by atoms with Crippen molar-refractivity contribution < 1.29 is 4.74 Å². The van der Waals surface area contributed by atoms with Gasteiger partial charge in [-0.1, -0.05) is 12.1 Å². The van der Waals surface area contributed by atoms with Gasteiger partial charge in [-0.3, -0.25) is 0 Å². The lowest BCUT2D eigenvalue weighted by molar-refractivity contribution is 0.414. The van der Waals surface area contributed by atoms with E-state index in [-0.39, 0.29) is 0 Å². The largest absolute Gasteiger partial charge is 0.497 e. The molecule has 0 aliphatic carbocycles. The summed E-state index contributed by atoms with van der Waals surface area (Å²) in [5.41, 5.74) is 2.45. The van der Waals surface area contributed by atoms with Crippen LogP contribution < -0.4 is 4.74 Å². The molecule has 0 fully saturated rings. The molecule has 1 aromatic heterocycles. The van der Waals surface area contributed by atoms with Gasteiger partial charge in [0.1, 0.15) is 16.2 Å². The first kappa shape index (κ1) is 12.2. The van der Waals surface area contributed by atoms with E-state index in [1.54, 1.807) is 7.11 Å². The Morgan fingerprint density at radius 1 is 1.24 bits per heavy atom. The molecule has 3 nitrogen and oxygen atoms in total. The van der Waals surface area contributed by atoms with Crippen molar-refractivity contribution in [2.24, 2.45) is 0 Å². The van der Waals surface area contributed by atoms with Gasteiger partial charge in [0, 0.05) is 5.69 Å². The summed E-state index contributed by atoms with van der Waals surface area (Å²) in [5, 5.41) is 0. The van der Waals surface area contributed by atoms with Gasteiger partial charge in [-0.25, -0.2) is 4.98 Å². The van der Waals surface area contributed by atoms with Crippen LogP contribution >= 0.6 is 15.9 Å². The van der Waals surface area contributed by atoms with E-state index < -0.39 is 0 Å². The predicted octanol–water partition coefficient (Wildman–Crippen LogP) is 3.27. The summed E-state index contributed by atoms with van der Waals surface area (Å²) in [6, 6.07) is 8.16. The molecule has 0 spiro atoms. The molecule has 4 heteroatoms. The number of aromatic amines is 1. The summed E-state index contributed by atoms with van der Waals surface area (Å²) < 4.78 is 6.05. The number of aryl methyl sites for hydroxylation is 3. The van der Waals surface area contributed by atoms with E-state index in [2.05, 4.69) is 38.0 Å². The van der Waals surface area contributed by atoms with Crippen molar-refractivity contribution in [2.75, 3.05) is 7.11 Å². The molecule has 0 unspecified atom stereocenters. The van der Waals surface area contributed by atoms with Crippen LogP contribution in [0.2, 0.25) is 0 Å². The Morgan fingerprint density at radius 3 is 2.47 bits per heavy atom. The molecule has 0 saturated carbocycles. The minimum atomic E-state index is 0.896. The maximum atomic E-state index is 5.13. The van der Waals surface area contributed by atoms with Gasteiger partial charge >= 0.3 is 0 Å². The number of aromatic nitrogens is 2. The van der Waals surface area contributed by atoms with Crippen LogP contribution in [0.1, 0.15) is 17.1 Å². The number of ether oxygens (including phenoxy) is 1. The highest BCUT2D eigenvalue weighted by atomic mass is 79.9. The molecule has 0 atom stereocenters. The van der Waals surface area contributed by atoms with Crippen molar-refractivity contribution in [3.63, 3.8) is 0 Å². The summed E-state index contributed by atoms with van der Waals surface area (Å²) in [5.74, 6) is 1.84. The number of methoxy groups -OCH3 is 1. The van der Waals surface area contributed by atoms with Gasteiger partial charge in [0.2, 0.25) is 0 Å². The SMILES string of the molecule is COc1ccc(CCc2[nH]c(C)nc2Br)cc1. The van der Waals surface area contributed by atoms with Gasteiger partial charge in [0.05, 0.1) is 7.11 Å². The van der Waals surface area contributed by atoms with Gasteiger partial charge in [0.25, 0.3) is 0 Å². The Balaban J connectivity index is 1.99. The third-order valence-corrected chi connectivity index (χ3v) is 3.33. The lowest BCUT2D eigenvalue weighted by atomic mass is 10.1. The average Bonchev–Trinajstić information content (AvgIpc) is 2.66. The molecular weight excluding hydrogens is 280 g/mol. The zero-order valence-electron chi connectivity index (χ0n) is 9.96. The number of nitrogens with one attached hydrogen (secondary N) is 1. The fourth-order valence-electron chi connectivity index (χ4n) is 1.74. The van der Waals surface area contributed by atoms with Crippen molar-refractivity contribution in [3.8, 4) is 5.75 Å². The normalized spacial score (nSPS) is 10.5. The van der Waals surface area contributed by atoms with Crippen LogP contribution in [0.15, 0.2) is 28.9 Å². The zero-order valence-corrected chi connectivity index (χ0v) is 11.5. The summed E-state index contributed by atoms with van der Waals surface area (Å²) in [6.07, 6.45) is 1.94. The molecule has 0 amide bonds. The quantitative estimate of drug-likeness (QED) is 0.940. The Hall–Kier alpha value is -1.29. The monoisotopic (exact) mass is 294 g/mol. The molecule has 0 saturated heterocycles. The molecule has 0 aliphatic heterocycles. The average molecular weight is 295 g/mol. The molecule has 2 aromatic rings. The topological polar surface area (TPSA) is 37.9 Å².